The Kier molecular flexibility index (Phi) is 13.5. The van der Waals surface area contributed by atoms with Crippen molar-refractivity contribution in [1.82, 2.24) is 15.2 Å². The van der Waals surface area contributed by atoms with Crippen LogP contribution in [0.3, 0.4) is 0 Å². The number of oxime groups is 1. The third-order valence-corrected chi connectivity index (χ3v) is 9.37. The Morgan fingerprint density at radius 3 is 2.54 bits per heavy atom. The zero-order chi connectivity index (χ0) is 36.4. The minimum absolute atomic E-state index is 0.00270. The summed E-state index contributed by atoms with van der Waals surface area (Å²) >= 11 is 8.46. The van der Waals surface area contributed by atoms with Gasteiger partial charge in [-0.25, -0.2) is 14.6 Å². The number of β-lactam (4-membered cyclic amide) rings is 1. The van der Waals surface area contributed by atoms with Crippen molar-refractivity contribution < 1.29 is 47.8 Å². The maximum absolute atomic E-state index is 13.6. The molecule has 270 valence electrons. The second-order valence-electron chi connectivity index (χ2n) is 11.8. The van der Waals surface area contributed by atoms with Crippen molar-refractivity contribution >= 4 is 75.4 Å². The van der Waals surface area contributed by atoms with Crippen LogP contribution in [0.2, 0.25) is 0 Å². The molecule has 18 heteroatoms. The third kappa shape index (κ3) is 10.1. The number of halogens is 1. The smallest absolute Gasteiger partial charge is 0.413 e. The summed E-state index contributed by atoms with van der Waals surface area (Å²) in [5.41, 5.74) is 0.153. The first-order valence-corrected chi connectivity index (χ1v) is 18.0. The highest BCUT2D eigenvalue weighted by Crippen LogP contribution is 2.41. The number of nitrogens with one attached hydrogen (secondary N) is 2. The lowest BCUT2D eigenvalue weighted by Gasteiger charge is -2.49. The van der Waals surface area contributed by atoms with Gasteiger partial charge in [0.15, 0.2) is 10.8 Å². The highest BCUT2D eigenvalue weighted by Gasteiger charge is 2.54. The molecule has 15 nitrogen and oxygen atoms in total. The molecule has 0 aliphatic carbocycles. The van der Waals surface area contributed by atoms with Gasteiger partial charge in [-0.1, -0.05) is 30.6 Å². The largest absolute Gasteiger partial charge is 0.497 e. The van der Waals surface area contributed by atoms with E-state index in [4.69, 9.17) is 35.4 Å². The van der Waals surface area contributed by atoms with Crippen molar-refractivity contribution in [3.63, 3.8) is 0 Å². The molecule has 0 saturated carbocycles. The SMILES string of the molecule is CCCCC(=O)OCO/N=C(\C(=O)NC1C(=O)N2C(C(=O)OCc3ccc(OC)cc3)=C(CCl)CSC12)c1csc(NC(=O)OC(C)(C)C)n1. The molecule has 2 aliphatic heterocycles. The van der Waals surface area contributed by atoms with Crippen molar-refractivity contribution in [2.45, 2.75) is 70.6 Å². The molecule has 3 heterocycles. The van der Waals surface area contributed by atoms with Crippen molar-refractivity contribution in [2.24, 2.45) is 5.16 Å². The maximum Gasteiger partial charge on any atom is 0.413 e. The minimum atomic E-state index is -1.05. The van der Waals surface area contributed by atoms with Gasteiger partial charge in [0.25, 0.3) is 18.6 Å². The van der Waals surface area contributed by atoms with Gasteiger partial charge in [0.1, 0.15) is 40.8 Å². The van der Waals surface area contributed by atoms with Crippen LogP contribution in [-0.4, -0.2) is 88.0 Å². The van der Waals surface area contributed by atoms with Gasteiger partial charge in [-0.3, -0.25) is 24.6 Å². The highest BCUT2D eigenvalue weighted by molar-refractivity contribution is 8.00. The molecule has 0 radical (unpaired) electrons. The number of esters is 2. The van der Waals surface area contributed by atoms with Gasteiger partial charge in [0.2, 0.25) is 0 Å². The first-order chi connectivity index (χ1) is 23.8. The van der Waals surface area contributed by atoms with E-state index in [9.17, 15) is 24.0 Å². The Morgan fingerprint density at radius 2 is 1.88 bits per heavy atom. The van der Waals surface area contributed by atoms with Crippen LogP contribution in [0.15, 0.2) is 46.1 Å². The summed E-state index contributed by atoms with van der Waals surface area (Å²) in [5.74, 6) is -1.67. The van der Waals surface area contributed by atoms with E-state index < -0.39 is 53.7 Å². The molecular weight excluding hydrogens is 714 g/mol. The summed E-state index contributed by atoms with van der Waals surface area (Å²) in [6.07, 6.45) is 0.873. The molecule has 2 aliphatic rings. The number of fused-ring (bicyclic) bond motifs is 1. The van der Waals surface area contributed by atoms with E-state index in [-0.39, 0.29) is 41.1 Å². The molecule has 1 fully saturated rings. The Labute approximate surface area is 302 Å². The summed E-state index contributed by atoms with van der Waals surface area (Å²) < 4.78 is 20.9. The summed E-state index contributed by atoms with van der Waals surface area (Å²) in [6, 6.07) is 5.92. The van der Waals surface area contributed by atoms with Crippen LogP contribution in [0, 0.1) is 0 Å². The molecule has 1 aromatic heterocycles. The monoisotopic (exact) mass is 751 g/mol. The fraction of sp³-hybridized carbons (Fsp3) is 0.469. The van der Waals surface area contributed by atoms with Gasteiger partial charge in [0, 0.05) is 23.4 Å². The van der Waals surface area contributed by atoms with Gasteiger partial charge in [-0.15, -0.1) is 34.7 Å². The van der Waals surface area contributed by atoms with E-state index in [2.05, 4.69) is 20.8 Å². The van der Waals surface area contributed by atoms with Crippen LogP contribution in [0.25, 0.3) is 0 Å². The number of carbonyl (C=O) groups excluding carboxylic acids is 5. The number of rotatable bonds is 15. The minimum Gasteiger partial charge on any atom is -0.497 e. The molecule has 3 amide bonds. The number of unbranched alkanes of at least 4 members (excludes halogenated alkanes) is 1. The molecule has 0 spiro atoms. The van der Waals surface area contributed by atoms with Gasteiger partial charge >= 0.3 is 18.0 Å². The number of thioether (sulfide) groups is 1. The Balaban J connectivity index is 1.47. The zero-order valence-electron chi connectivity index (χ0n) is 28.1. The number of nitrogens with zero attached hydrogens (tertiary/aromatic N) is 3. The van der Waals surface area contributed by atoms with Crippen LogP contribution in [-0.2, 0) is 44.8 Å². The second kappa shape index (κ2) is 17.5. The number of alkyl halides is 1. The summed E-state index contributed by atoms with van der Waals surface area (Å²) in [4.78, 5) is 75.2. The number of benzene rings is 1. The number of hydrogen-bond acceptors (Lipinski definition) is 14. The zero-order valence-corrected chi connectivity index (χ0v) is 30.5. The van der Waals surface area contributed by atoms with Crippen molar-refractivity contribution in [3.05, 3.63) is 52.2 Å². The average molecular weight is 752 g/mol. The Hall–Kier alpha value is -4.35. The van der Waals surface area contributed by atoms with E-state index in [0.29, 0.717) is 29.1 Å². The van der Waals surface area contributed by atoms with Crippen LogP contribution >= 0.6 is 34.7 Å². The molecule has 2 unspecified atom stereocenters. The number of anilines is 1. The Bertz CT molecular complexity index is 1640. The molecule has 1 aromatic carbocycles. The molecule has 2 aromatic rings. The van der Waals surface area contributed by atoms with Crippen LogP contribution in [0.1, 0.15) is 58.2 Å². The van der Waals surface area contributed by atoms with Gasteiger partial charge in [-0.05, 0) is 50.5 Å². The average Bonchev–Trinajstić information content (AvgIpc) is 3.54. The molecule has 0 bridgehead atoms. The number of carbonyl (C=O) groups is 5. The number of aromatic nitrogens is 1. The standard InChI is InChI=1S/C32H38ClN5O10S2/c1-6-7-8-22(39)46-17-47-37-23(21-16-50-30(34-21)36-31(43)48-32(2,3)4)26(40)35-24-27(41)38-25(19(13-33)15-49-28(24)38)29(42)45-14-18-9-11-20(44-5)12-10-18/h9-12,16,24,28H,6-8,13-15,17H2,1-5H3,(H,35,40)(H,34,36,43)/b37-23-. The van der Waals surface area contributed by atoms with Gasteiger partial charge in [0.05, 0.1) is 7.11 Å². The van der Waals surface area contributed by atoms with E-state index in [1.807, 2.05) is 6.92 Å². The molecule has 50 heavy (non-hydrogen) atoms. The second-order valence-corrected chi connectivity index (χ2v) is 14.1. The van der Waals surface area contributed by atoms with E-state index in [0.717, 1.165) is 17.8 Å². The topological polar surface area (TPSA) is 184 Å². The van der Waals surface area contributed by atoms with Crippen molar-refractivity contribution in [3.8, 4) is 5.75 Å². The summed E-state index contributed by atoms with van der Waals surface area (Å²) in [6.45, 7) is 6.42. The maximum atomic E-state index is 13.6. The lowest BCUT2D eigenvalue weighted by molar-refractivity contribution is -0.156. The fourth-order valence-corrected chi connectivity index (χ4v) is 6.89. The number of hydrogen-bond donors (Lipinski definition) is 2. The van der Waals surface area contributed by atoms with Crippen molar-refractivity contribution in [2.75, 3.05) is 30.9 Å². The quantitative estimate of drug-likeness (QED) is 0.0379. The molecule has 2 N–H and O–H groups in total. The lowest BCUT2D eigenvalue weighted by Crippen LogP contribution is -2.71. The summed E-state index contributed by atoms with van der Waals surface area (Å²) in [7, 11) is 1.55. The molecular formula is C32H38ClN5O10S2. The number of thiazole rings is 1. The number of amides is 3. The fourth-order valence-electron chi connectivity index (χ4n) is 4.53. The predicted molar refractivity (Wildman–Crippen MR) is 186 cm³/mol. The normalized spacial score (nSPS) is 17.3. The third-order valence-electron chi connectivity index (χ3n) is 6.95. The first-order valence-electron chi connectivity index (χ1n) is 15.5. The van der Waals surface area contributed by atoms with E-state index >= 15 is 0 Å². The molecule has 4 rings (SSSR count). The van der Waals surface area contributed by atoms with Crippen LogP contribution < -0.4 is 15.4 Å². The number of methoxy groups -OCH3 is 1. The lowest BCUT2D eigenvalue weighted by atomic mass is 10.0. The highest BCUT2D eigenvalue weighted by atomic mass is 35.5. The summed E-state index contributed by atoms with van der Waals surface area (Å²) in [5, 5.41) is 9.89. The predicted octanol–water partition coefficient (Wildman–Crippen LogP) is 4.55. The molecule has 2 atom stereocenters. The number of ether oxygens (including phenoxy) is 4. The first kappa shape index (κ1) is 38.5. The molecule has 1 saturated heterocycles. The van der Waals surface area contributed by atoms with Gasteiger partial charge < -0.3 is 29.1 Å². The van der Waals surface area contributed by atoms with E-state index in [1.54, 1.807) is 52.1 Å². The van der Waals surface area contributed by atoms with Crippen molar-refractivity contribution in [1.29, 1.82) is 0 Å². The van der Waals surface area contributed by atoms with Gasteiger partial charge in [-0.2, -0.15) is 0 Å². The van der Waals surface area contributed by atoms with Crippen LogP contribution in [0.5, 0.6) is 5.75 Å². The Morgan fingerprint density at radius 1 is 1.14 bits per heavy atom. The van der Waals surface area contributed by atoms with Crippen LogP contribution in [0.4, 0.5) is 9.93 Å². The van der Waals surface area contributed by atoms with E-state index in [1.165, 1.54) is 22.0 Å².